The number of carboxylic acids is 4. The Labute approximate surface area is 444 Å². The van der Waals surface area contributed by atoms with Crippen LogP contribution >= 0.6 is 0 Å². The molecule has 428 valence electrons. The van der Waals surface area contributed by atoms with Crippen molar-refractivity contribution in [3.8, 4) is 0 Å². The summed E-state index contributed by atoms with van der Waals surface area (Å²) in [4.78, 5) is 162. The minimum absolute atomic E-state index is 0.00830. The zero-order chi connectivity index (χ0) is 57.8. The minimum atomic E-state index is -1.99. The lowest BCUT2D eigenvalue weighted by Crippen LogP contribution is -2.60. The van der Waals surface area contributed by atoms with E-state index in [1.807, 2.05) is 0 Å². The number of carbonyl (C=O) groups excluding carboxylic acids is 8. The highest BCUT2D eigenvalue weighted by atomic mass is 16.4. The van der Waals surface area contributed by atoms with Crippen molar-refractivity contribution >= 4 is 77.1 Å². The van der Waals surface area contributed by atoms with Crippen LogP contribution in [0.2, 0.25) is 0 Å². The van der Waals surface area contributed by atoms with Gasteiger partial charge >= 0.3 is 23.9 Å². The molecule has 1 heterocycles. The number of likely N-dealkylation sites (tertiary alicyclic amines) is 1. The highest BCUT2D eigenvalue weighted by Gasteiger charge is 2.40. The van der Waals surface area contributed by atoms with E-state index in [4.69, 9.17) is 22.9 Å². The van der Waals surface area contributed by atoms with E-state index < -0.39 is 158 Å². The van der Waals surface area contributed by atoms with Gasteiger partial charge in [-0.05, 0) is 75.8 Å². The van der Waals surface area contributed by atoms with E-state index in [9.17, 15) is 78.0 Å². The van der Waals surface area contributed by atoms with Crippen LogP contribution in [0.15, 0.2) is 35.3 Å². The molecule has 19 N–H and O–H groups in total. The Balaban J connectivity index is 2.35. The number of aliphatic imine (C=N–C) groups is 1. The van der Waals surface area contributed by atoms with Crippen molar-refractivity contribution in [2.75, 3.05) is 26.2 Å². The maximum absolute atomic E-state index is 14.1. The highest BCUT2D eigenvalue weighted by Crippen LogP contribution is 2.21. The number of carboxylic acid groups (broad SMARTS) is 4. The summed E-state index contributed by atoms with van der Waals surface area (Å²) in [5.74, 6) is -14.1. The average Bonchev–Trinajstić information content (AvgIpc) is 3.86. The number of amides is 8. The molecule has 0 bridgehead atoms. The van der Waals surface area contributed by atoms with Gasteiger partial charge in [-0.2, -0.15) is 0 Å². The molecule has 8 amide bonds. The molecule has 0 aliphatic carbocycles. The summed E-state index contributed by atoms with van der Waals surface area (Å²) >= 11 is 0. The van der Waals surface area contributed by atoms with Gasteiger partial charge in [-0.15, -0.1) is 0 Å². The van der Waals surface area contributed by atoms with Crippen LogP contribution in [0, 0.1) is 5.92 Å². The first-order valence-electron chi connectivity index (χ1n) is 25.2. The molecule has 29 nitrogen and oxygen atoms in total. The lowest BCUT2D eigenvalue weighted by Gasteiger charge is -2.30. The number of guanidine groups is 1. The molecule has 0 saturated carbocycles. The average molecular weight is 1090 g/mol. The normalized spacial score (nSPS) is 15.6. The first kappa shape index (κ1) is 65.2. The Morgan fingerprint density at radius 3 is 1.77 bits per heavy atom. The molecule has 0 spiro atoms. The number of hydrogen-bond acceptors (Lipinski definition) is 15. The van der Waals surface area contributed by atoms with Crippen LogP contribution in [-0.2, 0) is 64.0 Å². The van der Waals surface area contributed by atoms with Gasteiger partial charge in [0.15, 0.2) is 5.96 Å². The second kappa shape index (κ2) is 33.9. The fourth-order valence-electron chi connectivity index (χ4n) is 8.01. The van der Waals surface area contributed by atoms with E-state index in [1.165, 1.54) is 0 Å². The molecular formula is C48H75N13O16. The molecule has 1 saturated heterocycles. The fourth-order valence-corrected chi connectivity index (χ4v) is 8.01. The summed E-state index contributed by atoms with van der Waals surface area (Å²) < 4.78 is 0. The minimum Gasteiger partial charge on any atom is -0.481 e. The van der Waals surface area contributed by atoms with Crippen LogP contribution in [0.25, 0.3) is 0 Å². The van der Waals surface area contributed by atoms with Crippen molar-refractivity contribution in [2.45, 2.75) is 152 Å². The maximum atomic E-state index is 14.1. The number of nitrogens with zero attached hydrogens (tertiary/aromatic N) is 2. The van der Waals surface area contributed by atoms with Crippen molar-refractivity contribution in [1.29, 1.82) is 0 Å². The second-order valence-electron chi connectivity index (χ2n) is 18.8. The second-order valence-corrected chi connectivity index (χ2v) is 18.8. The third-order valence-corrected chi connectivity index (χ3v) is 12.0. The number of carbonyl (C=O) groups is 12. The number of unbranched alkanes of at least 4 members (excludes halogenated alkanes) is 1. The van der Waals surface area contributed by atoms with E-state index in [0.717, 1.165) is 4.90 Å². The molecule has 1 aromatic rings. The molecule has 0 radical (unpaired) electrons. The Morgan fingerprint density at radius 2 is 1.21 bits per heavy atom. The number of benzene rings is 1. The SMILES string of the molecule is CC(C)C[C@H](NC(=O)[C@H](CC(=O)O)NC(=O)[C@H](CCC(=O)O)NC(=O)[C@@H]1CCCN1C(=O)[C@H](CCCN=C(N)N)NC(=O)CNC(=O)[C@@H](N)CCCCN)C(=O)N[C@@H](CCC(=O)O)C(=O)N[C@@H](Cc1ccccc1)C(=O)O. The van der Waals surface area contributed by atoms with Gasteiger partial charge in [0.1, 0.15) is 42.3 Å². The number of nitrogens with one attached hydrogen (secondary N) is 7. The van der Waals surface area contributed by atoms with Gasteiger partial charge in [-0.25, -0.2) is 4.79 Å². The van der Waals surface area contributed by atoms with Crippen molar-refractivity contribution in [3.63, 3.8) is 0 Å². The molecule has 1 aliphatic rings. The highest BCUT2D eigenvalue weighted by molar-refractivity contribution is 5.99. The molecule has 1 fully saturated rings. The molecule has 1 aliphatic heterocycles. The predicted molar refractivity (Wildman–Crippen MR) is 273 cm³/mol. The van der Waals surface area contributed by atoms with Crippen LogP contribution < -0.4 is 60.2 Å². The summed E-state index contributed by atoms with van der Waals surface area (Å²) in [6, 6.07) is -3.76. The third kappa shape index (κ3) is 25.0. The van der Waals surface area contributed by atoms with Gasteiger partial charge < -0.3 is 85.5 Å². The third-order valence-electron chi connectivity index (χ3n) is 12.0. The monoisotopic (exact) mass is 1090 g/mol. The van der Waals surface area contributed by atoms with Crippen LogP contribution in [0.1, 0.15) is 103 Å². The Bertz CT molecular complexity index is 2250. The summed E-state index contributed by atoms with van der Waals surface area (Å²) in [5.41, 5.74) is 22.8. The van der Waals surface area contributed by atoms with Gasteiger partial charge in [0.25, 0.3) is 0 Å². The molecule has 1 aromatic carbocycles. The van der Waals surface area contributed by atoms with Gasteiger partial charge in [0.2, 0.25) is 47.3 Å². The van der Waals surface area contributed by atoms with Crippen LogP contribution in [-0.4, -0.2) is 177 Å². The largest absolute Gasteiger partial charge is 0.481 e. The van der Waals surface area contributed by atoms with Gasteiger partial charge in [0.05, 0.1) is 19.0 Å². The topological polar surface area (TPSA) is 490 Å². The van der Waals surface area contributed by atoms with Crippen LogP contribution in [0.4, 0.5) is 0 Å². The van der Waals surface area contributed by atoms with Crippen molar-refractivity contribution in [1.82, 2.24) is 42.1 Å². The van der Waals surface area contributed by atoms with E-state index in [0.29, 0.717) is 31.4 Å². The molecule has 29 heteroatoms. The van der Waals surface area contributed by atoms with Gasteiger partial charge in [-0.3, -0.25) is 57.7 Å². The zero-order valence-corrected chi connectivity index (χ0v) is 43.2. The first-order chi connectivity index (χ1) is 36.3. The van der Waals surface area contributed by atoms with Crippen molar-refractivity contribution in [2.24, 2.45) is 33.8 Å². The van der Waals surface area contributed by atoms with Crippen LogP contribution in [0.5, 0.6) is 0 Å². The quantitative estimate of drug-likeness (QED) is 0.0173. The van der Waals surface area contributed by atoms with Gasteiger partial charge in [-0.1, -0.05) is 50.6 Å². The van der Waals surface area contributed by atoms with Crippen LogP contribution in [0.3, 0.4) is 0 Å². The lowest BCUT2D eigenvalue weighted by atomic mass is 10.0. The molecule has 8 atom stereocenters. The number of hydrogen-bond donors (Lipinski definition) is 15. The molecule has 0 unspecified atom stereocenters. The number of aliphatic carboxylic acids is 4. The zero-order valence-electron chi connectivity index (χ0n) is 43.2. The predicted octanol–water partition coefficient (Wildman–Crippen LogP) is -3.91. The Hall–Kier alpha value is -7.95. The summed E-state index contributed by atoms with van der Waals surface area (Å²) in [6.07, 6.45) is -2.02. The summed E-state index contributed by atoms with van der Waals surface area (Å²) in [5, 5.41) is 55.2. The molecule has 2 rings (SSSR count). The van der Waals surface area contributed by atoms with Gasteiger partial charge in [0, 0.05) is 32.4 Å². The van der Waals surface area contributed by atoms with Crippen molar-refractivity contribution < 1.29 is 78.0 Å². The Kier molecular flexibility index (Phi) is 28.7. The smallest absolute Gasteiger partial charge is 0.326 e. The fraction of sp³-hybridized carbons (Fsp3) is 0.604. The number of rotatable bonds is 36. The van der Waals surface area contributed by atoms with E-state index in [-0.39, 0.29) is 63.5 Å². The van der Waals surface area contributed by atoms with Crippen molar-refractivity contribution in [3.05, 3.63) is 35.9 Å². The lowest BCUT2D eigenvalue weighted by molar-refractivity contribution is -0.143. The summed E-state index contributed by atoms with van der Waals surface area (Å²) in [7, 11) is 0. The van der Waals surface area contributed by atoms with E-state index in [2.05, 4.69) is 42.2 Å². The Morgan fingerprint density at radius 1 is 0.649 bits per heavy atom. The molecule has 77 heavy (non-hydrogen) atoms. The summed E-state index contributed by atoms with van der Waals surface area (Å²) in [6.45, 7) is 3.18. The standard InChI is InChI=1S/C48H75N13O16/c1-26(2)22-32(43(72)56-29(15-17-37(63)64)42(71)60-34(47(76)77)23-27-10-4-3-5-11-27)58-44(73)33(24-39(67)68)59-41(70)30(16-18-38(65)66)57-45(74)35-14-9-21-61(35)46(75)31(13-8-20-53-48(51)52)55-36(62)25-54-40(69)28(50)12-6-7-19-49/h3-5,10-11,26,28-35H,6-9,12-25,49-50H2,1-2H3,(H,54,69)(H,55,62)(H,56,72)(H,57,74)(H,58,73)(H,59,70)(H,60,71)(H,63,64)(H,65,66)(H,67,68)(H,76,77)(H4,51,52,53)/t28-,29-,30-,31-,32-,33-,34-,35-/m0/s1. The number of nitrogens with two attached hydrogens (primary N) is 4. The maximum Gasteiger partial charge on any atom is 0.326 e. The van der Waals surface area contributed by atoms with E-state index in [1.54, 1.807) is 44.2 Å². The first-order valence-corrected chi connectivity index (χ1v) is 25.2. The van der Waals surface area contributed by atoms with E-state index >= 15 is 0 Å². The molecular weight excluding hydrogens is 1010 g/mol. The molecule has 0 aromatic heterocycles.